The summed E-state index contributed by atoms with van der Waals surface area (Å²) in [7, 11) is -3.61. The molecule has 122 valence electrons. The van der Waals surface area contributed by atoms with Crippen molar-refractivity contribution in [3.05, 3.63) is 17.9 Å². The second-order valence-corrected chi connectivity index (χ2v) is 6.18. The van der Waals surface area contributed by atoms with Crippen molar-refractivity contribution in [2.45, 2.75) is 31.4 Å². The van der Waals surface area contributed by atoms with Crippen molar-refractivity contribution in [1.82, 2.24) is 10.0 Å². The first-order valence-electron chi connectivity index (χ1n) is 7.08. The number of nitrogens with one attached hydrogen (secondary N) is 2. The van der Waals surface area contributed by atoms with Gasteiger partial charge in [0.15, 0.2) is 0 Å². The van der Waals surface area contributed by atoms with E-state index in [1.165, 1.54) is 6.07 Å². The van der Waals surface area contributed by atoms with Crippen LogP contribution >= 0.6 is 0 Å². The highest BCUT2D eigenvalue weighted by atomic mass is 32.2. The lowest BCUT2D eigenvalue weighted by atomic mass is 10.4. The highest BCUT2D eigenvalue weighted by molar-refractivity contribution is 7.89. The number of hydrogen-bond donors (Lipinski definition) is 3. The van der Waals surface area contributed by atoms with E-state index in [2.05, 4.69) is 17.0 Å². The standard InChI is InChI=1S/C13H24N2O5S/c1-2-6-14-11-12-4-5-13(20-12)21(17,18)15-7-3-9-19-10-8-16/h4-5,14-16H,2-3,6-11H2,1H3. The van der Waals surface area contributed by atoms with Gasteiger partial charge in [-0.15, -0.1) is 0 Å². The number of furan rings is 1. The Kier molecular flexibility index (Phi) is 8.55. The van der Waals surface area contributed by atoms with Crippen molar-refractivity contribution in [3.8, 4) is 0 Å². The first-order valence-corrected chi connectivity index (χ1v) is 8.56. The molecule has 1 heterocycles. The Morgan fingerprint density at radius 3 is 2.81 bits per heavy atom. The number of aliphatic hydroxyl groups is 1. The normalized spacial score (nSPS) is 11.9. The van der Waals surface area contributed by atoms with Crippen molar-refractivity contribution in [3.63, 3.8) is 0 Å². The average Bonchev–Trinajstić information content (AvgIpc) is 2.93. The average molecular weight is 320 g/mol. The first kappa shape index (κ1) is 18.1. The molecule has 1 aromatic heterocycles. The molecular weight excluding hydrogens is 296 g/mol. The molecule has 0 saturated heterocycles. The molecule has 0 atom stereocenters. The zero-order valence-electron chi connectivity index (χ0n) is 12.3. The molecule has 0 aliphatic heterocycles. The molecule has 21 heavy (non-hydrogen) atoms. The maximum Gasteiger partial charge on any atom is 0.273 e. The van der Waals surface area contributed by atoms with Gasteiger partial charge in [0, 0.05) is 13.2 Å². The summed E-state index contributed by atoms with van der Waals surface area (Å²) in [6.07, 6.45) is 1.54. The Balaban J connectivity index is 2.36. The van der Waals surface area contributed by atoms with Crippen LogP contribution in [0.25, 0.3) is 0 Å². The Hall–Kier alpha value is -0.930. The first-order chi connectivity index (χ1) is 10.1. The van der Waals surface area contributed by atoms with Crippen LogP contribution in [0.3, 0.4) is 0 Å². The molecule has 0 bridgehead atoms. The summed E-state index contributed by atoms with van der Waals surface area (Å²) < 4.78 is 36.7. The monoisotopic (exact) mass is 320 g/mol. The van der Waals surface area contributed by atoms with Crippen molar-refractivity contribution in [1.29, 1.82) is 0 Å². The molecule has 0 unspecified atom stereocenters. The Morgan fingerprint density at radius 2 is 2.10 bits per heavy atom. The summed E-state index contributed by atoms with van der Waals surface area (Å²) in [5.74, 6) is 0.593. The third kappa shape index (κ3) is 7.05. The predicted molar refractivity (Wildman–Crippen MR) is 78.4 cm³/mol. The molecule has 0 aromatic carbocycles. The van der Waals surface area contributed by atoms with Crippen LogP contribution in [0.2, 0.25) is 0 Å². The minimum absolute atomic E-state index is 0.0348. The van der Waals surface area contributed by atoms with Crippen LogP contribution in [0.5, 0.6) is 0 Å². The maximum atomic E-state index is 12.0. The lowest BCUT2D eigenvalue weighted by Gasteiger charge is -2.05. The van der Waals surface area contributed by atoms with Gasteiger partial charge in [-0.1, -0.05) is 6.92 Å². The maximum absolute atomic E-state index is 12.0. The summed E-state index contributed by atoms with van der Waals surface area (Å²) in [4.78, 5) is 0. The number of hydrogen-bond acceptors (Lipinski definition) is 6. The van der Waals surface area contributed by atoms with Crippen LogP contribution < -0.4 is 10.0 Å². The molecule has 0 spiro atoms. The quantitative estimate of drug-likeness (QED) is 0.484. The largest absolute Gasteiger partial charge is 0.447 e. The third-order valence-electron chi connectivity index (χ3n) is 2.62. The zero-order valence-corrected chi connectivity index (χ0v) is 13.1. The molecule has 0 amide bonds. The van der Waals surface area contributed by atoms with Gasteiger partial charge in [-0.2, -0.15) is 0 Å². The van der Waals surface area contributed by atoms with Crippen molar-refractivity contribution < 1.29 is 22.7 Å². The van der Waals surface area contributed by atoms with E-state index in [0.29, 0.717) is 25.3 Å². The van der Waals surface area contributed by atoms with Gasteiger partial charge < -0.3 is 19.6 Å². The van der Waals surface area contributed by atoms with Crippen LogP contribution in [0.4, 0.5) is 0 Å². The van der Waals surface area contributed by atoms with Gasteiger partial charge in [0.05, 0.1) is 19.8 Å². The Morgan fingerprint density at radius 1 is 1.29 bits per heavy atom. The zero-order chi connectivity index (χ0) is 15.6. The molecule has 0 saturated carbocycles. The van der Waals surface area contributed by atoms with Gasteiger partial charge in [-0.25, -0.2) is 13.1 Å². The number of ether oxygens (including phenoxy) is 1. The molecule has 1 rings (SSSR count). The van der Waals surface area contributed by atoms with Gasteiger partial charge in [0.2, 0.25) is 5.09 Å². The van der Waals surface area contributed by atoms with Crippen molar-refractivity contribution in [2.24, 2.45) is 0 Å². The molecule has 0 aliphatic rings. The van der Waals surface area contributed by atoms with E-state index in [1.807, 2.05) is 0 Å². The molecule has 1 aromatic rings. The third-order valence-corrected chi connectivity index (χ3v) is 3.95. The SMILES string of the molecule is CCCNCc1ccc(S(=O)(=O)NCCCOCCO)o1. The molecule has 0 fully saturated rings. The minimum Gasteiger partial charge on any atom is -0.447 e. The van der Waals surface area contributed by atoms with Gasteiger partial charge >= 0.3 is 0 Å². The van der Waals surface area contributed by atoms with Crippen LogP contribution in [0.1, 0.15) is 25.5 Å². The molecular formula is C13H24N2O5S. The van der Waals surface area contributed by atoms with E-state index in [-0.39, 0.29) is 24.9 Å². The summed E-state index contributed by atoms with van der Waals surface area (Å²) in [6, 6.07) is 3.11. The Labute approximate surface area is 125 Å². The number of sulfonamides is 1. The fraction of sp³-hybridized carbons (Fsp3) is 0.692. The summed E-state index contributed by atoms with van der Waals surface area (Å²) in [5, 5.41) is 11.6. The Bertz CT molecular complexity index is 487. The fourth-order valence-electron chi connectivity index (χ4n) is 1.60. The van der Waals surface area contributed by atoms with Gasteiger partial charge in [-0.05, 0) is 31.5 Å². The van der Waals surface area contributed by atoms with Crippen LogP contribution in [-0.2, 0) is 21.3 Å². The van der Waals surface area contributed by atoms with Crippen molar-refractivity contribution in [2.75, 3.05) is 32.9 Å². The molecule has 0 radical (unpaired) electrons. The van der Waals surface area contributed by atoms with Crippen LogP contribution in [0, 0.1) is 0 Å². The van der Waals surface area contributed by atoms with E-state index in [1.54, 1.807) is 6.07 Å². The van der Waals surface area contributed by atoms with E-state index in [9.17, 15) is 8.42 Å². The van der Waals surface area contributed by atoms with Crippen LogP contribution in [-0.4, -0.2) is 46.4 Å². The van der Waals surface area contributed by atoms with E-state index < -0.39 is 10.0 Å². The molecule has 8 heteroatoms. The van der Waals surface area contributed by atoms with Gasteiger partial charge in [-0.3, -0.25) is 0 Å². The lowest BCUT2D eigenvalue weighted by Crippen LogP contribution is -2.25. The van der Waals surface area contributed by atoms with Gasteiger partial charge in [0.1, 0.15) is 5.76 Å². The van der Waals surface area contributed by atoms with Crippen molar-refractivity contribution >= 4 is 10.0 Å². The van der Waals surface area contributed by atoms with E-state index in [4.69, 9.17) is 14.3 Å². The predicted octanol–water partition coefficient (Wildman–Crippen LogP) is 0.456. The van der Waals surface area contributed by atoms with E-state index >= 15 is 0 Å². The van der Waals surface area contributed by atoms with Gasteiger partial charge in [0.25, 0.3) is 10.0 Å². The highest BCUT2D eigenvalue weighted by Crippen LogP contribution is 2.13. The summed E-state index contributed by atoms with van der Waals surface area (Å²) >= 11 is 0. The number of aliphatic hydroxyl groups excluding tert-OH is 1. The second kappa shape index (κ2) is 9.91. The fourth-order valence-corrected chi connectivity index (χ4v) is 2.62. The van der Waals surface area contributed by atoms with Crippen LogP contribution in [0.15, 0.2) is 21.6 Å². The lowest BCUT2D eigenvalue weighted by molar-refractivity contribution is 0.0913. The van der Waals surface area contributed by atoms with E-state index in [0.717, 1.165) is 13.0 Å². The topological polar surface area (TPSA) is 101 Å². The molecule has 3 N–H and O–H groups in total. The summed E-state index contributed by atoms with van der Waals surface area (Å²) in [5.41, 5.74) is 0. The smallest absolute Gasteiger partial charge is 0.273 e. The number of rotatable bonds is 12. The summed E-state index contributed by atoms with van der Waals surface area (Å²) in [6.45, 7) is 4.31. The molecule has 7 nitrogen and oxygen atoms in total. The minimum atomic E-state index is -3.61. The second-order valence-electron chi connectivity index (χ2n) is 4.48. The molecule has 0 aliphatic carbocycles. The highest BCUT2D eigenvalue weighted by Gasteiger charge is 2.17.